The van der Waals surface area contributed by atoms with E-state index in [9.17, 15) is 58.4 Å². The number of hydrogen-bond acceptors (Lipinski definition) is 7. The molecule has 0 unspecified atom stereocenters. The zero-order valence-electron chi connectivity index (χ0n) is 23.1. The molecule has 246 valence electrons. The largest absolute Gasteiger partial charge is 0.586 e. The Morgan fingerprint density at radius 1 is 0.935 bits per heavy atom. The minimum atomic E-state index is -5.30. The van der Waals surface area contributed by atoms with Gasteiger partial charge in [-0.2, -0.15) is 31.6 Å². The Hall–Kier alpha value is -4.14. The number of sulfone groups is 1. The summed E-state index contributed by atoms with van der Waals surface area (Å²) in [5.74, 6) is -3.53. The van der Waals surface area contributed by atoms with Gasteiger partial charge in [0.1, 0.15) is 17.0 Å². The van der Waals surface area contributed by atoms with Gasteiger partial charge in [-0.3, -0.25) is 9.59 Å². The first kappa shape index (κ1) is 31.8. The monoisotopic (exact) mass is 679 g/mol. The lowest BCUT2D eigenvalue weighted by molar-refractivity contribution is -0.286. The van der Waals surface area contributed by atoms with E-state index in [2.05, 4.69) is 14.8 Å². The van der Waals surface area contributed by atoms with Crippen molar-refractivity contribution in [3.8, 4) is 28.7 Å². The highest BCUT2D eigenvalue weighted by atomic mass is 32.2. The summed E-state index contributed by atoms with van der Waals surface area (Å²) in [5, 5.41) is 9.75. The molecule has 6 rings (SSSR count). The fourth-order valence-corrected chi connectivity index (χ4v) is 7.60. The molecule has 2 saturated carbocycles. The van der Waals surface area contributed by atoms with E-state index < -0.39 is 105 Å². The number of carbonyl (C=O) groups excluding carboxylic acids is 2. The third-order valence-corrected chi connectivity index (χ3v) is 10.8. The predicted octanol–water partition coefficient (Wildman–Crippen LogP) is 4.95. The third-order valence-electron chi connectivity index (χ3n) is 8.62. The van der Waals surface area contributed by atoms with Crippen LogP contribution < -0.4 is 14.8 Å². The van der Waals surface area contributed by atoms with Crippen LogP contribution in [0.4, 0.5) is 35.1 Å². The molecular formula is C28H21F8N3O6S. The lowest BCUT2D eigenvalue weighted by Gasteiger charge is -2.29. The van der Waals surface area contributed by atoms with Crippen LogP contribution in [0.25, 0.3) is 11.1 Å². The normalized spacial score (nSPS) is 23.8. The number of nitrogens with one attached hydrogen (secondary N) is 1. The molecule has 46 heavy (non-hydrogen) atoms. The summed E-state index contributed by atoms with van der Waals surface area (Å²) in [6, 6.07) is 5.18. The molecule has 2 aliphatic heterocycles. The van der Waals surface area contributed by atoms with Gasteiger partial charge in [-0.15, -0.1) is 8.78 Å². The second kappa shape index (κ2) is 9.93. The Labute approximate surface area is 255 Å². The van der Waals surface area contributed by atoms with E-state index in [1.165, 1.54) is 0 Å². The van der Waals surface area contributed by atoms with Crippen LogP contribution in [0.5, 0.6) is 11.5 Å². The molecule has 9 nitrogen and oxygen atoms in total. The van der Waals surface area contributed by atoms with Gasteiger partial charge in [0.15, 0.2) is 21.3 Å². The van der Waals surface area contributed by atoms with Crippen molar-refractivity contribution >= 4 is 21.7 Å². The average molecular weight is 680 g/mol. The van der Waals surface area contributed by atoms with E-state index in [0.29, 0.717) is 17.0 Å². The van der Waals surface area contributed by atoms with Gasteiger partial charge in [0.05, 0.1) is 21.8 Å². The molecule has 2 heterocycles. The van der Waals surface area contributed by atoms with E-state index in [0.717, 1.165) is 24.3 Å². The van der Waals surface area contributed by atoms with Crippen molar-refractivity contribution in [1.82, 2.24) is 10.2 Å². The van der Waals surface area contributed by atoms with Crippen LogP contribution in [0.2, 0.25) is 0 Å². The second-order valence-corrected chi connectivity index (χ2v) is 13.9. The van der Waals surface area contributed by atoms with Crippen molar-refractivity contribution in [1.29, 1.82) is 5.26 Å². The molecule has 2 atom stereocenters. The number of alkyl halides is 8. The maximum atomic E-state index is 14.3. The molecule has 3 fully saturated rings. The van der Waals surface area contributed by atoms with Gasteiger partial charge >= 0.3 is 18.6 Å². The lowest BCUT2D eigenvalue weighted by Crippen LogP contribution is -2.53. The average Bonchev–Trinajstić information content (AvgIpc) is 3.86. The number of nitrogens with zero attached hydrogens (tertiary/aromatic N) is 2. The summed E-state index contributed by atoms with van der Waals surface area (Å²) in [4.78, 5) is 25.5. The Morgan fingerprint density at radius 2 is 1.54 bits per heavy atom. The van der Waals surface area contributed by atoms with E-state index in [4.69, 9.17) is 0 Å². The number of nitriles is 1. The Morgan fingerprint density at radius 3 is 2.11 bits per heavy atom. The molecule has 2 aromatic carbocycles. The first-order valence-electron chi connectivity index (χ1n) is 13.7. The van der Waals surface area contributed by atoms with Crippen molar-refractivity contribution < 1.29 is 62.6 Å². The van der Waals surface area contributed by atoms with Gasteiger partial charge in [0, 0.05) is 6.54 Å². The van der Waals surface area contributed by atoms with Gasteiger partial charge in [-0.1, -0.05) is 12.1 Å². The first-order valence-corrected chi connectivity index (χ1v) is 15.2. The molecule has 2 amide bonds. The number of benzene rings is 2. The summed E-state index contributed by atoms with van der Waals surface area (Å²) >= 11 is 0. The molecule has 0 spiro atoms. The smallest absolute Gasteiger partial charge is 0.395 e. The quantitative estimate of drug-likeness (QED) is 0.429. The summed E-state index contributed by atoms with van der Waals surface area (Å²) in [5.41, 5.74) is -6.19. The Kier molecular flexibility index (Phi) is 6.87. The number of amides is 2. The Bertz CT molecular complexity index is 1800. The summed E-state index contributed by atoms with van der Waals surface area (Å²) in [6.45, 7) is -1.01. The van der Waals surface area contributed by atoms with Crippen LogP contribution >= 0.6 is 0 Å². The number of carbonyl (C=O) groups is 2. The van der Waals surface area contributed by atoms with Crippen LogP contribution in [-0.4, -0.2) is 61.0 Å². The molecule has 0 bridgehead atoms. The third kappa shape index (κ3) is 5.27. The molecule has 18 heteroatoms. The van der Waals surface area contributed by atoms with E-state index in [-0.39, 0.29) is 29.7 Å². The molecule has 1 N–H and O–H groups in total. The molecule has 0 radical (unpaired) electrons. The minimum Gasteiger partial charge on any atom is -0.395 e. The zero-order chi connectivity index (χ0) is 33.7. The van der Waals surface area contributed by atoms with Gasteiger partial charge in [-0.25, -0.2) is 8.42 Å². The molecule has 2 aromatic rings. The zero-order valence-corrected chi connectivity index (χ0v) is 24.0. The van der Waals surface area contributed by atoms with Crippen molar-refractivity contribution in [3.05, 3.63) is 42.0 Å². The van der Waals surface area contributed by atoms with Crippen LogP contribution in [0, 0.1) is 16.7 Å². The van der Waals surface area contributed by atoms with Crippen molar-refractivity contribution in [2.45, 2.75) is 72.5 Å². The molecule has 1 saturated heterocycles. The SMILES string of the molecule is N#CC1(NC(=O)[C@@H]2C[C@@H](S(=O)(=O)c3ccc(-c4ccc5c(c4)OC(F)(F)O5)cc3C(F)(F)F)CN2C(=O)C2(C(F)(F)F)CC2)CC1. The van der Waals surface area contributed by atoms with Gasteiger partial charge in [0.25, 0.3) is 0 Å². The van der Waals surface area contributed by atoms with Crippen LogP contribution in [0.3, 0.4) is 0 Å². The highest BCUT2D eigenvalue weighted by Crippen LogP contribution is 2.59. The number of likely N-dealkylation sites (tertiary alicyclic amines) is 1. The van der Waals surface area contributed by atoms with Crippen LogP contribution in [0.1, 0.15) is 37.7 Å². The predicted molar refractivity (Wildman–Crippen MR) is 138 cm³/mol. The van der Waals surface area contributed by atoms with Crippen molar-refractivity contribution in [2.24, 2.45) is 5.41 Å². The maximum absolute atomic E-state index is 14.3. The standard InChI is InChI=1S/C28H21F8N3O6S/c29-26(30,31)17-9-14(15-1-3-19-20(10-15)45-28(35,36)44-19)2-4-21(17)46(42,43)16-11-18(22(40)38-24(13-37)5-6-24)39(12-16)23(41)25(7-8-25)27(32,33)34/h1-4,9-10,16,18H,5-8,11-12H2,(H,38,40)/t16-,18+/m1/s1. The van der Waals surface area contributed by atoms with E-state index in [1.54, 1.807) is 0 Å². The number of hydrogen-bond donors (Lipinski definition) is 1. The summed E-state index contributed by atoms with van der Waals surface area (Å²) < 4.78 is 147. The highest BCUT2D eigenvalue weighted by Gasteiger charge is 2.70. The van der Waals surface area contributed by atoms with E-state index >= 15 is 0 Å². The second-order valence-electron chi connectivity index (χ2n) is 11.7. The fraction of sp³-hybridized carbons (Fsp3) is 0.464. The number of halogens is 8. The summed E-state index contributed by atoms with van der Waals surface area (Å²) in [6.07, 6.45) is -16.0. The van der Waals surface area contributed by atoms with Gasteiger partial charge < -0.3 is 19.7 Å². The number of ether oxygens (including phenoxy) is 2. The minimum absolute atomic E-state index is 0.0720. The van der Waals surface area contributed by atoms with E-state index in [1.807, 2.05) is 6.07 Å². The van der Waals surface area contributed by atoms with Crippen molar-refractivity contribution in [2.75, 3.05) is 6.54 Å². The lowest BCUT2D eigenvalue weighted by atomic mass is 10.0. The number of rotatable bonds is 6. The molecule has 2 aliphatic carbocycles. The highest BCUT2D eigenvalue weighted by molar-refractivity contribution is 7.92. The molecular weight excluding hydrogens is 658 g/mol. The van der Waals surface area contributed by atoms with Gasteiger partial charge in [-0.05, 0) is 67.5 Å². The van der Waals surface area contributed by atoms with Crippen molar-refractivity contribution in [3.63, 3.8) is 0 Å². The first-order chi connectivity index (χ1) is 21.2. The fourth-order valence-electron chi connectivity index (χ4n) is 5.71. The maximum Gasteiger partial charge on any atom is 0.586 e. The summed E-state index contributed by atoms with van der Waals surface area (Å²) in [7, 11) is -5.09. The number of fused-ring (bicyclic) bond motifs is 1. The van der Waals surface area contributed by atoms with Crippen LogP contribution in [-0.2, 0) is 25.6 Å². The van der Waals surface area contributed by atoms with Crippen LogP contribution in [0.15, 0.2) is 41.3 Å². The molecule has 4 aliphatic rings. The molecule has 0 aromatic heterocycles. The topological polar surface area (TPSA) is 126 Å². The van der Waals surface area contributed by atoms with Gasteiger partial charge in [0.2, 0.25) is 11.8 Å². The Balaban J connectivity index is 1.35.